The summed E-state index contributed by atoms with van der Waals surface area (Å²) in [6.45, 7) is 8.62. The van der Waals surface area contributed by atoms with Crippen LogP contribution in [0.25, 0.3) is 0 Å². The fourth-order valence-electron chi connectivity index (χ4n) is 2.87. The average molecular weight is 274 g/mol. The Labute approximate surface area is 122 Å². The first-order chi connectivity index (χ1) is 9.54. The lowest BCUT2D eigenvalue weighted by molar-refractivity contribution is -0.132. The van der Waals surface area contributed by atoms with Crippen molar-refractivity contribution in [3.05, 3.63) is 35.9 Å². The maximum Gasteiger partial charge on any atom is 0.241 e. The van der Waals surface area contributed by atoms with Gasteiger partial charge in [-0.1, -0.05) is 51.1 Å². The summed E-state index contributed by atoms with van der Waals surface area (Å²) < 4.78 is 0. The molecule has 2 rings (SSSR count). The lowest BCUT2D eigenvalue weighted by atomic mass is 10.1. The van der Waals surface area contributed by atoms with Crippen LogP contribution < -0.4 is 5.32 Å². The van der Waals surface area contributed by atoms with Crippen molar-refractivity contribution in [3.8, 4) is 0 Å². The van der Waals surface area contributed by atoms with E-state index in [1.807, 2.05) is 18.2 Å². The third kappa shape index (κ3) is 3.04. The summed E-state index contributed by atoms with van der Waals surface area (Å²) in [6, 6.07) is 10.5. The van der Waals surface area contributed by atoms with Gasteiger partial charge in [-0.05, 0) is 31.2 Å². The van der Waals surface area contributed by atoms with Crippen LogP contribution in [-0.2, 0) is 11.2 Å². The second kappa shape index (κ2) is 6.40. The molecule has 20 heavy (non-hydrogen) atoms. The molecule has 1 heterocycles. The van der Waals surface area contributed by atoms with Gasteiger partial charge in [0.25, 0.3) is 0 Å². The summed E-state index contributed by atoms with van der Waals surface area (Å²) in [6.07, 6.45) is 1.93. The van der Waals surface area contributed by atoms with Crippen LogP contribution in [0, 0.1) is 5.92 Å². The Morgan fingerprint density at radius 3 is 2.40 bits per heavy atom. The van der Waals surface area contributed by atoms with Crippen molar-refractivity contribution in [3.63, 3.8) is 0 Å². The van der Waals surface area contributed by atoms with Crippen LogP contribution in [0.1, 0.15) is 39.7 Å². The van der Waals surface area contributed by atoms with E-state index in [0.717, 1.165) is 12.8 Å². The number of carbonyl (C=O) groups excluding carboxylic acids is 1. The molecule has 3 atom stereocenters. The molecular weight excluding hydrogens is 248 g/mol. The zero-order chi connectivity index (χ0) is 14.7. The molecule has 0 saturated carbocycles. The molecular formula is C17H26N2O. The summed E-state index contributed by atoms with van der Waals surface area (Å²) in [5, 5.41) is 3.53. The van der Waals surface area contributed by atoms with Crippen molar-refractivity contribution in [2.75, 3.05) is 0 Å². The average Bonchev–Trinajstić information content (AvgIpc) is 2.77. The van der Waals surface area contributed by atoms with Crippen LogP contribution in [0.15, 0.2) is 30.3 Å². The van der Waals surface area contributed by atoms with Crippen molar-refractivity contribution in [1.82, 2.24) is 10.2 Å². The highest BCUT2D eigenvalue weighted by atomic mass is 16.2. The number of hydrogen-bond donors (Lipinski definition) is 1. The monoisotopic (exact) mass is 274 g/mol. The van der Waals surface area contributed by atoms with Gasteiger partial charge in [0.1, 0.15) is 0 Å². The zero-order valence-electron chi connectivity index (χ0n) is 13.0. The second-order valence-electron chi connectivity index (χ2n) is 6.10. The molecule has 3 nitrogen and oxygen atoms in total. The molecule has 0 aliphatic carbocycles. The van der Waals surface area contributed by atoms with E-state index in [1.54, 1.807) is 0 Å². The van der Waals surface area contributed by atoms with Gasteiger partial charge in [0.05, 0.1) is 12.2 Å². The Bertz CT molecular complexity index is 444. The minimum Gasteiger partial charge on any atom is -0.323 e. The molecule has 0 spiro atoms. The largest absolute Gasteiger partial charge is 0.323 e. The molecule has 110 valence electrons. The zero-order valence-corrected chi connectivity index (χ0v) is 13.0. The van der Waals surface area contributed by atoms with E-state index in [0.29, 0.717) is 12.0 Å². The predicted molar refractivity (Wildman–Crippen MR) is 82.3 cm³/mol. The van der Waals surface area contributed by atoms with Gasteiger partial charge in [-0.15, -0.1) is 0 Å². The van der Waals surface area contributed by atoms with Crippen molar-refractivity contribution in [1.29, 1.82) is 0 Å². The molecule has 1 aromatic carbocycles. The van der Waals surface area contributed by atoms with Crippen LogP contribution >= 0.6 is 0 Å². The van der Waals surface area contributed by atoms with Gasteiger partial charge in [-0.25, -0.2) is 0 Å². The molecule has 1 saturated heterocycles. The molecule has 0 aromatic heterocycles. The lowest BCUT2D eigenvalue weighted by Crippen LogP contribution is -2.46. The summed E-state index contributed by atoms with van der Waals surface area (Å²) in [7, 11) is 0. The number of rotatable bonds is 5. The van der Waals surface area contributed by atoms with E-state index >= 15 is 0 Å². The maximum atomic E-state index is 12.7. The quantitative estimate of drug-likeness (QED) is 0.895. The standard InChI is InChI=1S/C17H26N2O/c1-5-13(4)19-16(12(2)3)18-15(17(19)20)11-14-9-7-6-8-10-14/h6-10,12-13,15-16,18H,5,11H2,1-4H3. The lowest BCUT2D eigenvalue weighted by Gasteiger charge is -2.32. The van der Waals surface area contributed by atoms with Gasteiger partial charge in [-0.2, -0.15) is 0 Å². The molecule has 1 aliphatic rings. The molecule has 1 aromatic rings. The predicted octanol–water partition coefficient (Wildman–Crippen LogP) is 2.81. The molecule has 1 fully saturated rings. The third-order valence-corrected chi connectivity index (χ3v) is 4.20. The van der Waals surface area contributed by atoms with E-state index in [-0.39, 0.29) is 18.1 Å². The van der Waals surface area contributed by atoms with E-state index in [4.69, 9.17) is 0 Å². The molecule has 3 unspecified atom stereocenters. The highest BCUT2D eigenvalue weighted by molar-refractivity contribution is 5.85. The van der Waals surface area contributed by atoms with Gasteiger partial charge in [-0.3, -0.25) is 10.1 Å². The minimum atomic E-state index is -0.0844. The normalized spacial score (nSPS) is 24.4. The van der Waals surface area contributed by atoms with Crippen LogP contribution in [0.2, 0.25) is 0 Å². The number of amides is 1. The van der Waals surface area contributed by atoms with E-state index in [2.05, 4.69) is 50.0 Å². The Hall–Kier alpha value is -1.35. The molecule has 1 amide bonds. The first-order valence-corrected chi connectivity index (χ1v) is 7.66. The van der Waals surface area contributed by atoms with Crippen LogP contribution in [0.3, 0.4) is 0 Å². The molecule has 1 N–H and O–H groups in total. The summed E-state index contributed by atoms with van der Waals surface area (Å²) in [5.74, 6) is 0.677. The number of hydrogen-bond acceptors (Lipinski definition) is 2. The Kier molecular flexibility index (Phi) is 4.81. The number of carbonyl (C=O) groups is 1. The van der Waals surface area contributed by atoms with Gasteiger partial charge >= 0.3 is 0 Å². The van der Waals surface area contributed by atoms with Crippen molar-refractivity contribution in [2.24, 2.45) is 5.92 Å². The van der Waals surface area contributed by atoms with E-state index in [9.17, 15) is 4.79 Å². The maximum absolute atomic E-state index is 12.7. The second-order valence-corrected chi connectivity index (χ2v) is 6.10. The Morgan fingerprint density at radius 2 is 1.85 bits per heavy atom. The van der Waals surface area contributed by atoms with Crippen molar-refractivity contribution < 1.29 is 4.79 Å². The van der Waals surface area contributed by atoms with E-state index < -0.39 is 0 Å². The van der Waals surface area contributed by atoms with Gasteiger partial charge < -0.3 is 4.90 Å². The summed E-state index contributed by atoms with van der Waals surface area (Å²) in [4.78, 5) is 14.7. The van der Waals surface area contributed by atoms with E-state index in [1.165, 1.54) is 5.56 Å². The number of nitrogens with one attached hydrogen (secondary N) is 1. The molecule has 0 bridgehead atoms. The highest BCUT2D eigenvalue weighted by Crippen LogP contribution is 2.23. The number of nitrogens with zero attached hydrogens (tertiary/aromatic N) is 1. The fraction of sp³-hybridized carbons (Fsp3) is 0.588. The van der Waals surface area contributed by atoms with Gasteiger partial charge in [0, 0.05) is 6.04 Å². The fourth-order valence-corrected chi connectivity index (χ4v) is 2.87. The van der Waals surface area contributed by atoms with Crippen LogP contribution in [0.4, 0.5) is 0 Å². The summed E-state index contributed by atoms with van der Waals surface area (Å²) >= 11 is 0. The molecule has 3 heteroatoms. The van der Waals surface area contributed by atoms with Gasteiger partial charge in [0.2, 0.25) is 5.91 Å². The minimum absolute atomic E-state index is 0.0844. The van der Waals surface area contributed by atoms with Crippen LogP contribution in [0.5, 0.6) is 0 Å². The number of benzene rings is 1. The first kappa shape index (κ1) is 15.0. The SMILES string of the molecule is CCC(C)N1C(=O)C(Cc2ccccc2)NC1C(C)C. The third-order valence-electron chi connectivity index (χ3n) is 4.20. The highest BCUT2D eigenvalue weighted by Gasteiger charge is 2.41. The summed E-state index contributed by atoms with van der Waals surface area (Å²) in [5.41, 5.74) is 1.21. The Morgan fingerprint density at radius 1 is 1.20 bits per heavy atom. The molecule has 1 aliphatic heterocycles. The van der Waals surface area contributed by atoms with Gasteiger partial charge in [0.15, 0.2) is 0 Å². The Balaban J connectivity index is 2.14. The topological polar surface area (TPSA) is 32.3 Å². The smallest absolute Gasteiger partial charge is 0.241 e. The molecule has 0 radical (unpaired) electrons. The van der Waals surface area contributed by atoms with Crippen molar-refractivity contribution in [2.45, 2.75) is 58.8 Å². The first-order valence-electron chi connectivity index (χ1n) is 7.66. The van der Waals surface area contributed by atoms with Crippen LogP contribution in [-0.4, -0.2) is 29.1 Å². The van der Waals surface area contributed by atoms with Crippen molar-refractivity contribution >= 4 is 5.91 Å².